The van der Waals surface area contributed by atoms with Gasteiger partial charge in [0, 0.05) is 15.6 Å². The van der Waals surface area contributed by atoms with Gasteiger partial charge in [-0.05, 0) is 42.7 Å². The van der Waals surface area contributed by atoms with E-state index in [0.29, 0.717) is 5.56 Å². The molecule has 2 aromatic carbocycles. The van der Waals surface area contributed by atoms with Crippen LogP contribution in [0.25, 0.3) is 10.9 Å². The van der Waals surface area contributed by atoms with Crippen molar-refractivity contribution in [1.82, 2.24) is 4.98 Å². The Morgan fingerprint density at radius 1 is 1.12 bits per heavy atom. The molecule has 3 nitrogen and oxygen atoms in total. The lowest BCUT2D eigenvalue weighted by atomic mass is 10.0. The van der Waals surface area contributed by atoms with Gasteiger partial charge in [0.1, 0.15) is 6.61 Å². The highest BCUT2D eigenvalue weighted by Crippen LogP contribution is 2.24. The van der Waals surface area contributed by atoms with Gasteiger partial charge in [0.25, 0.3) is 0 Å². The first-order valence-electron chi connectivity index (χ1n) is 7.90. The second-order valence-electron chi connectivity index (χ2n) is 5.63. The lowest BCUT2D eigenvalue weighted by molar-refractivity contribution is 0.0474. The zero-order valence-corrected chi connectivity index (χ0v) is 15.3. The number of carbonyl (C=O) groups excluding carboxylic acids is 1. The topological polar surface area (TPSA) is 39.2 Å². The van der Waals surface area contributed by atoms with Crippen molar-refractivity contribution >= 4 is 32.8 Å². The van der Waals surface area contributed by atoms with Gasteiger partial charge in [-0.25, -0.2) is 4.79 Å². The Kier molecular flexibility index (Phi) is 4.95. The third-order valence-corrected chi connectivity index (χ3v) is 4.59. The lowest BCUT2D eigenvalue weighted by Gasteiger charge is -2.13. The van der Waals surface area contributed by atoms with Crippen LogP contribution in [-0.2, 0) is 17.8 Å². The number of aromatic nitrogens is 1. The highest BCUT2D eigenvalue weighted by molar-refractivity contribution is 9.10. The molecule has 0 N–H and O–H groups in total. The maximum absolute atomic E-state index is 12.7. The molecule has 0 spiro atoms. The highest BCUT2D eigenvalue weighted by atomic mass is 79.9. The second-order valence-corrected chi connectivity index (χ2v) is 6.55. The largest absolute Gasteiger partial charge is 0.457 e. The number of nitrogens with zero attached hydrogens (tertiary/aromatic N) is 1. The summed E-state index contributed by atoms with van der Waals surface area (Å²) in [6.07, 6.45) is 0.781. The van der Waals surface area contributed by atoms with Crippen LogP contribution in [0.1, 0.15) is 34.1 Å². The smallest absolute Gasteiger partial charge is 0.339 e. The minimum atomic E-state index is -0.302. The van der Waals surface area contributed by atoms with Crippen molar-refractivity contribution in [3.8, 4) is 0 Å². The van der Waals surface area contributed by atoms with E-state index in [0.717, 1.165) is 38.6 Å². The SMILES string of the molecule is CCc1nc2ccccc2c(C(=O)OCc2ccc(Br)cc2)c1C. The van der Waals surface area contributed by atoms with E-state index >= 15 is 0 Å². The predicted octanol–water partition coefficient (Wildman–Crippen LogP) is 5.23. The summed E-state index contributed by atoms with van der Waals surface area (Å²) in [5, 5.41) is 0.841. The highest BCUT2D eigenvalue weighted by Gasteiger charge is 2.18. The number of ether oxygens (including phenoxy) is 1. The van der Waals surface area contributed by atoms with E-state index in [2.05, 4.69) is 20.9 Å². The average molecular weight is 384 g/mol. The van der Waals surface area contributed by atoms with Crippen molar-refractivity contribution in [2.45, 2.75) is 26.9 Å². The molecular formula is C20H18BrNO2. The summed E-state index contributed by atoms with van der Waals surface area (Å²) in [5.74, 6) is -0.302. The lowest BCUT2D eigenvalue weighted by Crippen LogP contribution is -2.11. The molecule has 0 saturated heterocycles. The molecule has 122 valence electrons. The van der Waals surface area contributed by atoms with Gasteiger partial charge in [0.05, 0.1) is 11.1 Å². The van der Waals surface area contributed by atoms with Crippen molar-refractivity contribution < 1.29 is 9.53 Å². The van der Waals surface area contributed by atoms with Gasteiger partial charge in [-0.15, -0.1) is 0 Å². The maximum Gasteiger partial charge on any atom is 0.339 e. The zero-order valence-electron chi connectivity index (χ0n) is 13.7. The number of aryl methyl sites for hydroxylation is 1. The Hall–Kier alpha value is -2.20. The maximum atomic E-state index is 12.7. The third-order valence-electron chi connectivity index (χ3n) is 4.06. The fraction of sp³-hybridized carbons (Fsp3) is 0.200. The summed E-state index contributed by atoms with van der Waals surface area (Å²) in [7, 11) is 0. The summed E-state index contributed by atoms with van der Waals surface area (Å²) in [5.41, 5.74) is 4.24. The first kappa shape index (κ1) is 16.7. The molecule has 0 amide bonds. The quantitative estimate of drug-likeness (QED) is 0.579. The van der Waals surface area contributed by atoms with E-state index in [9.17, 15) is 4.79 Å². The number of pyridine rings is 1. The van der Waals surface area contributed by atoms with Crippen molar-refractivity contribution in [2.75, 3.05) is 0 Å². The summed E-state index contributed by atoms with van der Waals surface area (Å²) in [6, 6.07) is 15.4. The van der Waals surface area contributed by atoms with Gasteiger partial charge >= 0.3 is 5.97 Å². The van der Waals surface area contributed by atoms with Crippen LogP contribution in [0.4, 0.5) is 0 Å². The Morgan fingerprint density at radius 3 is 2.54 bits per heavy atom. The first-order chi connectivity index (χ1) is 11.6. The van der Waals surface area contributed by atoms with Crippen molar-refractivity contribution in [3.63, 3.8) is 0 Å². The molecule has 0 saturated carbocycles. The van der Waals surface area contributed by atoms with Crippen LogP contribution < -0.4 is 0 Å². The van der Waals surface area contributed by atoms with Crippen molar-refractivity contribution in [2.24, 2.45) is 0 Å². The molecule has 0 aliphatic heterocycles. The summed E-state index contributed by atoms with van der Waals surface area (Å²) < 4.78 is 6.56. The van der Waals surface area contributed by atoms with Gasteiger partial charge in [0.15, 0.2) is 0 Å². The van der Waals surface area contributed by atoms with Gasteiger partial charge in [-0.1, -0.05) is 53.2 Å². The number of halogens is 1. The van der Waals surface area contributed by atoms with Crippen LogP contribution in [0.3, 0.4) is 0 Å². The molecule has 0 radical (unpaired) electrons. The van der Waals surface area contributed by atoms with Gasteiger partial charge in [0.2, 0.25) is 0 Å². The summed E-state index contributed by atoms with van der Waals surface area (Å²) >= 11 is 3.40. The molecule has 1 aromatic heterocycles. The molecule has 0 atom stereocenters. The minimum absolute atomic E-state index is 0.254. The molecule has 0 aliphatic carbocycles. The number of hydrogen-bond acceptors (Lipinski definition) is 3. The fourth-order valence-corrected chi connectivity index (χ4v) is 3.03. The van der Waals surface area contributed by atoms with E-state index in [1.165, 1.54) is 0 Å². The van der Waals surface area contributed by atoms with Crippen LogP contribution >= 0.6 is 15.9 Å². The molecule has 3 rings (SSSR count). The molecule has 0 fully saturated rings. The first-order valence-corrected chi connectivity index (χ1v) is 8.69. The van der Waals surface area contributed by atoms with E-state index in [1.54, 1.807) is 0 Å². The minimum Gasteiger partial charge on any atom is -0.457 e. The zero-order chi connectivity index (χ0) is 17.1. The number of fused-ring (bicyclic) bond motifs is 1. The number of esters is 1. The van der Waals surface area contributed by atoms with E-state index in [4.69, 9.17) is 4.74 Å². The standard InChI is InChI=1S/C20H18BrNO2/c1-3-17-13(2)19(16-6-4-5-7-18(16)22-17)20(23)24-12-14-8-10-15(21)11-9-14/h4-11H,3,12H2,1-2H3. The predicted molar refractivity (Wildman–Crippen MR) is 99.1 cm³/mol. The van der Waals surface area contributed by atoms with E-state index in [-0.39, 0.29) is 12.6 Å². The Bertz CT molecular complexity index is 888. The Morgan fingerprint density at radius 2 is 1.83 bits per heavy atom. The molecule has 0 unspecified atom stereocenters. The molecular weight excluding hydrogens is 366 g/mol. The van der Waals surface area contributed by atoms with E-state index < -0.39 is 0 Å². The summed E-state index contributed by atoms with van der Waals surface area (Å²) in [6.45, 7) is 4.24. The monoisotopic (exact) mass is 383 g/mol. The normalized spacial score (nSPS) is 10.8. The van der Waals surface area contributed by atoms with Gasteiger partial charge in [-0.3, -0.25) is 4.98 Å². The van der Waals surface area contributed by atoms with Crippen LogP contribution in [0.2, 0.25) is 0 Å². The van der Waals surface area contributed by atoms with Crippen LogP contribution in [0, 0.1) is 6.92 Å². The number of rotatable bonds is 4. The Labute approximate surface area is 149 Å². The van der Waals surface area contributed by atoms with Crippen LogP contribution in [0.5, 0.6) is 0 Å². The number of para-hydroxylation sites is 1. The average Bonchev–Trinajstić information content (AvgIpc) is 2.60. The third kappa shape index (κ3) is 3.34. The molecule has 3 aromatic rings. The second kappa shape index (κ2) is 7.14. The summed E-state index contributed by atoms with van der Waals surface area (Å²) in [4.78, 5) is 17.4. The number of carbonyl (C=O) groups is 1. The van der Waals surface area contributed by atoms with E-state index in [1.807, 2.05) is 62.4 Å². The fourth-order valence-electron chi connectivity index (χ4n) is 2.77. The molecule has 1 heterocycles. The Balaban J connectivity index is 1.93. The van der Waals surface area contributed by atoms with Crippen molar-refractivity contribution in [3.05, 3.63) is 75.4 Å². The van der Waals surface area contributed by atoms with Crippen LogP contribution in [-0.4, -0.2) is 11.0 Å². The molecule has 24 heavy (non-hydrogen) atoms. The molecule has 4 heteroatoms. The number of benzene rings is 2. The molecule has 0 aliphatic rings. The van der Waals surface area contributed by atoms with Crippen molar-refractivity contribution in [1.29, 1.82) is 0 Å². The van der Waals surface area contributed by atoms with Crippen LogP contribution in [0.15, 0.2) is 53.0 Å². The van der Waals surface area contributed by atoms with Gasteiger partial charge in [-0.2, -0.15) is 0 Å². The number of hydrogen-bond donors (Lipinski definition) is 0. The van der Waals surface area contributed by atoms with Gasteiger partial charge < -0.3 is 4.74 Å². The molecule has 0 bridgehead atoms.